The number of benzene rings is 1. The van der Waals surface area contributed by atoms with Gasteiger partial charge in [-0.1, -0.05) is 18.2 Å². The van der Waals surface area contributed by atoms with Crippen LogP contribution >= 0.6 is 0 Å². The van der Waals surface area contributed by atoms with Crippen LogP contribution in [0.5, 0.6) is 11.6 Å². The van der Waals surface area contributed by atoms with Gasteiger partial charge in [-0.2, -0.15) is 4.98 Å². The van der Waals surface area contributed by atoms with E-state index in [2.05, 4.69) is 9.97 Å². The maximum absolute atomic E-state index is 13.1. The number of sulfone groups is 1. The average molecular weight is 399 g/mol. The highest BCUT2D eigenvalue weighted by Crippen LogP contribution is 2.39. The number of aromatic nitrogens is 2. The molecule has 0 radical (unpaired) electrons. The lowest BCUT2D eigenvalue weighted by molar-refractivity contribution is 0.0792. The minimum atomic E-state index is -3.23. The molecule has 0 atom stereocenters. The minimum Gasteiger partial charge on any atom is -0.438 e. The Morgan fingerprint density at radius 3 is 2.68 bits per heavy atom. The standard InChI is InChI=1S/C20H21N3O4S/c1-28(25,26)13-14-9-10-23(12-14)20(24)17-11-21-18(15-7-8-15)22-19(17)27-16-5-3-2-4-6-16/h2-6,11,13,15H,7-10,12H2,1H3/b14-13+. The third kappa shape index (κ3) is 4.39. The van der Waals surface area contributed by atoms with E-state index >= 15 is 0 Å². The molecule has 1 aliphatic heterocycles. The van der Waals surface area contributed by atoms with Crippen LogP contribution in [-0.2, 0) is 9.84 Å². The number of carbonyl (C=O) groups excluding carboxylic acids is 1. The summed E-state index contributed by atoms with van der Waals surface area (Å²) in [4.78, 5) is 23.5. The zero-order chi connectivity index (χ0) is 19.7. The number of carbonyl (C=O) groups is 1. The number of hydrogen-bond acceptors (Lipinski definition) is 6. The molecule has 4 rings (SSSR count). The van der Waals surface area contributed by atoms with Crippen molar-refractivity contribution in [2.45, 2.75) is 25.2 Å². The quantitative estimate of drug-likeness (QED) is 0.768. The van der Waals surface area contributed by atoms with Crippen molar-refractivity contribution < 1.29 is 17.9 Å². The Kier molecular flexibility index (Phi) is 4.89. The molecule has 2 heterocycles. The molecular weight excluding hydrogens is 378 g/mol. The van der Waals surface area contributed by atoms with E-state index in [0.717, 1.165) is 24.7 Å². The minimum absolute atomic E-state index is 0.244. The maximum atomic E-state index is 13.1. The highest BCUT2D eigenvalue weighted by molar-refractivity contribution is 7.93. The first-order chi connectivity index (χ1) is 13.4. The third-order valence-electron chi connectivity index (χ3n) is 4.67. The number of nitrogens with zero attached hydrogens (tertiary/aromatic N) is 3. The van der Waals surface area contributed by atoms with E-state index in [9.17, 15) is 13.2 Å². The van der Waals surface area contributed by atoms with Gasteiger partial charge in [-0.25, -0.2) is 13.4 Å². The number of amides is 1. The van der Waals surface area contributed by atoms with Gasteiger partial charge >= 0.3 is 0 Å². The number of ether oxygens (including phenoxy) is 1. The second-order valence-corrected chi connectivity index (χ2v) is 9.11. The largest absolute Gasteiger partial charge is 0.438 e. The van der Waals surface area contributed by atoms with Crippen molar-refractivity contribution in [3.8, 4) is 11.6 Å². The van der Waals surface area contributed by atoms with Crippen LogP contribution in [0.4, 0.5) is 0 Å². The summed E-state index contributed by atoms with van der Waals surface area (Å²) < 4.78 is 28.9. The molecule has 8 heteroatoms. The fourth-order valence-corrected chi connectivity index (χ4v) is 3.96. The predicted octanol–water partition coefficient (Wildman–Crippen LogP) is 2.92. The smallest absolute Gasteiger partial charge is 0.261 e. The molecule has 1 saturated carbocycles. The van der Waals surface area contributed by atoms with E-state index < -0.39 is 9.84 Å². The normalized spacial score (nSPS) is 18.5. The lowest BCUT2D eigenvalue weighted by atomic mass is 10.2. The molecule has 0 spiro atoms. The summed E-state index contributed by atoms with van der Waals surface area (Å²) in [6.45, 7) is 0.733. The molecule has 2 fully saturated rings. The Balaban J connectivity index is 1.61. The number of likely N-dealkylation sites (tertiary alicyclic amines) is 1. The van der Waals surface area contributed by atoms with E-state index in [-0.39, 0.29) is 23.9 Å². The highest BCUT2D eigenvalue weighted by Gasteiger charge is 2.31. The molecule has 1 amide bonds. The number of para-hydroxylation sites is 1. The molecule has 146 valence electrons. The first-order valence-corrected chi connectivity index (χ1v) is 11.1. The molecule has 1 aromatic heterocycles. The van der Waals surface area contributed by atoms with Crippen LogP contribution < -0.4 is 4.74 Å². The van der Waals surface area contributed by atoms with Gasteiger partial charge < -0.3 is 9.64 Å². The zero-order valence-electron chi connectivity index (χ0n) is 15.5. The van der Waals surface area contributed by atoms with Gasteiger partial charge in [0.1, 0.15) is 17.1 Å². The summed E-state index contributed by atoms with van der Waals surface area (Å²) in [5.74, 6) is 1.61. The number of hydrogen-bond donors (Lipinski definition) is 0. The van der Waals surface area contributed by atoms with Gasteiger partial charge in [0.15, 0.2) is 9.84 Å². The van der Waals surface area contributed by atoms with Crippen LogP contribution in [-0.4, -0.2) is 48.5 Å². The van der Waals surface area contributed by atoms with E-state index in [1.165, 1.54) is 11.6 Å². The monoisotopic (exact) mass is 399 g/mol. The van der Waals surface area contributed by atoms with Crippen molar-refractivity contribution in [3.63, 3.8) is 0 Å². The van der Waals surface area contributed by atoms with Gasteiger partial charge in [0.05, 0.1) is 0 Å². The summed E-state index contributed by atoms with van der Waals surface area (Å²) in [6, 6.07) is 9.19. The predicted molar refractivity (Wildman–Crippen MR) is 104 cm³/mol. The van der Waals surface area contributed by atoms with Crippen molar-refractivity contribution in [2.24, 2.45) is 0 Å². The van der Waals surface area contributed by atoms with E-state index in [0.29, 0.717) is 30.5 Å². The lowest BCUT2D eigenvalue weighted by Gasteiger charge is -2.17. The third-order valence-corrected chi connectivity index (χ3v) is 5.43. The number of rotatable bonds is 5. The van der Waals surface area contributed by atoms with Crippen molar-refractivity contribution >= 4 is 15.7 Å². The van der Waals surface area contributed by atoms with Gasteiger partial charge in [0.25, 0.3) is 5.91 Å². The summed E-state index contributed by atoms with van der Waals surface area (Å²) >= 11 is 0. The molecular formula is C20H21N3O4S. The molecule has 0 bridgehead atoms. The second-order valence-electron chi connectivity index (χ2n) is 7.22. The van der Waals surface area contributed by atoms with Crippen LogP contribution in [0.25, 0.3) is 0 Å². The van der Waals surface area contributed by atoms with Crippen LogP contribution in [0.1, 0.15) is 41.4 Å². The Hall–Kier alpha value is -2.74. The van der Waals surface area contributed by atoms with Gasteiger partial charge in [0.2, 0.25) is 5.88 Å². The molecule has 1 aliphatic carbocycles. The fraction of sp³-hybridized carbons (Fsp3) is 0.350. The Morgan fingerprint density at radius 2 is 2.00 bits per heavy atom. The SMILES string of the molecule is CS(=O)(=O)/C=C1\CCN(C(=O)c2cnc(C3CC3)nc2Oc2ccccc2)C1. The summed E-state index contributed by atoms with van der Waals surface area (Å²) in [5, 5.41) is 1.24. The van der Waals surface area contributed by atoms with E-state index in [1.54, 1.807) is 17.0 Å². The van der Waals surface area contributed by atoms with E-state index in [4.69, 9.17) is 4.74 Å². The molecule has 28 heavy (non-hydrogen) atoms. The van der Waals surface area contributed by atoms with Crippen molar-refractivity contribution in [2.75, 3.05) is 19.3 Å². The van der Waals surface area contributed by atoms with Gasteiger partial charge in [0, 0.05) is 36.9 Å². The van der Waals surface area contributed by atoms with E-state index in [1.807, 2.05) is 18.2 Å². The van der Waals surface area contributed by atoms with Crippen LogP contribution in [0.15, 0.2) is 47.5 Å². The molecule has 0 unspecified atom stereocenters. The van der Waals surface area contributed by atoms with Crippen LogP contribution in [0.3, 0.4) is 0 Å². The van der Waals surface area contributed by atoms with Gasteiger partial charge in [-0.3, -0.25) is 4.79 Å². The molecule has 2 aromatic rings. The fourth-order valence-electron chi connectivity index (χ4n) is 3.17. The first kappa shape index (κ1) is 18.6. The van der Waals surface area contributed by atoms with Gasteiger partial charge in [-0.05, 0) is 37.0 Å². The van der Waals surface area contributed by atoms with Crippen molar-refractivity contribution in [1.29, 1.82) is 0 Å². The Morgan fingerprint density at radius 1 is 1.25 bits per heavy atom. The summed E-state index contributed by atoms with van der Waals surface area (Å²) in [7, 11) is -3.23. The molecule has 0 N–H and O–H groups in total. The van der Waals surface area contributed by atoms with Crippen molar-refractivity contribution in [1.82, 2.24) is 14.9 Å². The van der Waals surface area contributed by atoms with Crippen LogP contribution in [0, 0.1) is 0 Å². The molecule has 7 nitrogen and oxygen atoms in total. The maximum Gasteiger partial charge on any atom is 0.261 e. The Bertz CT molecular complexity index is 1030. The summed E-state index contributed by atoms with van der Waals surface area (Å²) in [6.07, 6.45) is 5.31. The highest BCUT2D eigenvalue weighted by atomic mass is 32.2. The topological polar surface area (TPSA) is 89.5 Å². The second kappa shape index (κ2) is 7.35. The zero-order valence-corrected chi connectivity index (χ0v) is 16.4. The van der Waals surface area contributed by atoms with Crippen LogP contribution in [0.2, 0.25) is 0 Å². The molecule has 2 aliphatic rings. The Labute approximate surface area is 164 Å². The van der Waals surface area contributed by atoms with Gasteiger partial charge in [-0.15, -0.1) is 0 Å². The first-order valence-electron chi connectivity index (χ1n) is 9.18. The molecule has 1 aromatic carbocycles. The lowest BCUT2D eigenvalue weighted by Crippen LogP contribution is -2.28. The molecule has 1 saturated heterocycles. The average Bonchev–Trinajstić information content (AvgIpc) is 3.41. The summed E-state index contributed by atoms with van der Waals surface area (Å²) in [5.41, 5.74) is 1.01. The van der Waals surface area contributed by atoms with Crippen molar-refractivity contribution in [3.05, 3.63) is 58.9 Å².